The SMILES string of the molecule is C/C=C/CCNC(=NCCCn1c(C)nc2ccccc21)NCC. The van der Waals surface area contributed by atoms with Crippen LogP contribution in [0, 0.1) is 6.92 Å². The molecule has 24 heavy (non-hydrogen) atoms. The van der Waals surface area contributed by atoms with Gasteiger partial charge < -0.3 is 15.2 Å². The molecule has 0 spiro atoms. The number of fused-ring (bicyclic) bond motifs is 1. The fourth-order valence-electron chi connectivity index (χ4n) is 2.68. The number of aromatic nitrogens is 2. The molecule has 0 unspecified atom stereocenters. The number of aryl methyl sites for hydroxylation is 2. The van der Waals surface area contributed by atoms with E-state index in [-0.39, 0.29) is 0 Å². The Kier molecular flexibility index (Phi) is 7.33. The van der Waals surface area contributed by atoms with Gasteiger partial charge in [-0.05, 0) is 45.7 Å². The Balaban J connectivity index is 1.87. The first kappa shape index (κ1) is 18.0. The molecule has 2 N–H and O–H groups in total. The highest BCUT2D eigenvalue weighted by molar-refractivity contribution is 5.79. The summed E-state index contributed by atoms with van der Waals surface area (Å²) in [5.41, 5.74) is 2.27. The van der Waals surface area contributed by atoms with Gasteiger partial charge in [0.25, 0.3) is 0 Å². The highest BCUT2D eigenvalue weighted by Crippen LogP contribution is 2.15. The maximum Gasteiger partial charge on any atom is 0.191 e. The van der Waals surface area contributed by atoms with Gasteiger partial charge >= 0.3 is 0 Å². The van der Waals surface area contributed by atoms with Gasteiger partial charge in [0.1, 0.15) is 5.82 Å². The quantitative estimate of drug-likeness (QED) is 0.339. The highest BCUT2D eigenvalue weighted by atomic mass is 15.2. The lowest BCUT2D eigenvalue weighted by Gasteiger charge is -2.11. The molecule has 0 aliphatic heterocycles. The minimum absolute atomic E-state index is 0.797. The summed E-state index contributed by atoms with van der Waals surface area (Å²) in [4.78, 5) is 9.27. The Bertz CT molecular complexity index is 684. The molecule has 0 aliphatic rings. The zero-order valence-corrected chi connectivity index (χ0v) is 15.0. The number of aliphatic imine (C=N–C) groups is 1. The molecule has 2 rings (SSSR count). The van der Waals surface area contributed by atoms with Crippen LogP contribution in [0.4, 0.5) is 0 Å². The van der Waals surface area contributed by atoms with Gasteiger partial charge in [0, 0.05) is 26.2 Å². The summed E-state index contributed by atoms with van der Waals surface area (Å²) in [7, 11) is 0. The van der Waals surface area contributed by atoms with Crippen molar-refractivity contribution < 1.29 is 0 Å². The second-order valence-corrected chi connectivity index (χ2v) is 5.70. The average molecular weight is 327 g/mol. The van der Waals surface area contributed by atoms with E-state index in [2.05, 4.69) is 69.4 Å². The summed E-state index contributed by atoms with van der Waals surface area (Å²) in [5.74, 6) is 1.96. The number of guanidine groups is 1. The Morgan fingerprint density at radius 3 is 2.92 bits per heavy atom. The van der Waals surface area contributed by atoms with E-state index in [1.165, 1.54) is 5.52 Å². The predicted molar refractivity (Wildman–Crippen MR) is 102 cm³/mol. The van der Waals surface area contributed by atoms with Gasteiger partial charge in [-0.1, -0.05) is 24.3 Å². The lowest BCUT2D eigenvalue weighted by atomic mass is 10.3. The summed E-state index contributed by atoms with van der Waals surface area (Å²) in [6, 6.07) is 8.29. The zero-order valence-electron chi connectivity index (χ0n) is 15.0. The van der Waals surface area contributed by atoms with Crippen LogP contribution in [0.15, 0.2) is 41.4 Å². The monoisotopic (exact) mass is 327 g/mol. The topological polar surface area (TPSA) is 54.2 Å². The average Bonchev–Trinajstić information content (AvgIpc) is 2.91. The first-order valence-electron chi connectivity index (χ1n) is 8.81. The number of para-hydroxylation sites is 2. The molecule has 1 aromatic carbocycles. The molecular formula is C19H29N5. The molecule has 5 nitrogen and oxygen atoms in total. The van der Waals surface area contributed by atoms with Crippen LogP contribution in [0.2, 0.25) is 0 Å². The van der Waals surface area contributed by atoms with E-state index in [1.54, 1.807) is 0 Å². The molecule has 130 valence electrons. The van der Waals surface area contributed by atoms with E-state index < -0.39 is 0 Å². The van der Waals surface area contributed by atoms with Gasteiger partial charge in [-0.3, -0.25) is 4.99 Å². The van der Waals surface area contributed by atoms with Gasteiger partial charge in [-0.15, -0.1) is 0 Å². The van der Waals surface area contributed by atoms with Crippen LogP contribution in [-0.4, -0.2) is 35.1 Å². The molecular weight excluding hydrogens is 298 g/mol. The Morgan fingerprint density at radius 2 is 2.12 bits per heavy atom. The van der Waals surface area contributed by atoms with Gasteiger partial charge in [-0.2, -0.15) is 0 Å². The first-order valence-corrected chi connectivity index (χ1v) is 8.81. The van der Waals surface area contributed by atoms with E-state index in [9.17, 15) is 0 Å². The van der Waals surface area contributed by atoms with Crippen molar-refractivity contribution in [2.45, 2.75) is 40.2 Å². The summed E-state index contributed by atoms with van der Waals surface area (Å²) in [6.45, 7) is 9.71. The minimum atomic E-state index is 0.797. The molecule has 0 amide bonds. The second-order valence-electron chi connectivity index (χ2n) is 5.70. The van der Waals surface area contributed by atoms with Crippen molar-refractivity contribution in [1.29, 1.82) is 0 Å². The number of hydrogen-bond donors (Lipinski definition) is 2. The van der Waals surface area contributed by atoms with E-state index in [0.717, 1.165) is 56.3 Å². The maximum atomic E-state index is 4.66. The Labute approximate surface area is 144 Å². The normalized spacial score (nSPS) is 12.2. The number of hydrogen-bond acceptors (Lipinski definition) is 2. The van der Waals surface area contributed by atoms with Crippen molar-refractivity contribution in [3.05, 3.63) is 42.2 Å². The number of imidazole rings is 1. The number of allylic oxidation sites excluding steroid dienone is 1. The largest absolute Gasteiger partial charge is 0.357 e. The molecule has 0 radical (unpaired) electrons. The summed E-state index contributed by atoms with van der Waals surface area (Å²) in [6.07, 6.45) is 6.24. The third-order valence-corrected chi connectivity index (χ3v) is 3.84. The zero-order chi connectivity index (χ0) is 17.2. The molecule has 0 saturated carbocycles. The van der Waals surface area contributed by atoms with Crippen molar-refractivity contribution in [3.63, 3.8) is 0 Å². The fourth-order valence-corrected chi connectivity index (χ4v) is 2.68. The molecule has 0 aliphatic carbocycles. The lowest BCUT2D eigenvalue weighted by molar-refractivity contribution is 0.646. The van der Waals surface area contributed by atoms with Crippen LogP contribution in [0.5, 0.6) is 0 Å². The fraction of sp³-hybridized carbons (Fsp3) is 0.474. The molecule has 0 saturated heterocycles. The van der Waals surface area contributed by atoms with Gasteiger partial charge in [-0.25, -0.2) is 4.98 Å². The number of benzene rings is 1. The Morgan fingerprint density at radius 1 is 1.29 bits per heavy atom. The molecule has 1 aromatic heterocycles. The Hall–Kier alpha value is -2.30. The molecule has 0 fully saturated rings. The van der Waals surface area contributed by atoms with Crippen molar-refractivity contribution in [2.75, 3.05) is 19.6 Å². The van der Waals surface area contributed by atoms with Crippen LogP contribution in [0.25, 0.3) is 11.0 Å². The van der Waals surface area contributed by atoms with E-state index >= 15 is 0 Å². The molecule has 0 atom stereocenters. The van der Waals surface area contributed by atoms with Crippen LogP contribution < -0.4 is 10.6 Å². The number of rotatable bonds is 8. The van der Waals surface area contributed by atoms with E-state index in [1.807, 2.05) is 13.0 Å². The predicted octanol–water partition coefficient (Wildman–Crippen LogP) is 3.26. The maximum absolute atomic E-state index is 4.66. The third kappa shape index (κ3) is 5.11. The van der Waals surface area contributed by atoms with Gasteiger partial charge in [0.2, 0.25) is 0 Å². The standard InChI is InChI=1S/C19H29N5/c1-4-6-9-13-21-19(20-5-2)22-14-10-15-24-16(3)23-17-11-7-8-12-18(17)24/h4,6-8,11-12H,5,9-10,13-15H2,1-3H3,(H2,20,21,22)/b6-4+. The summed E-state index contributed by atoms with van der Waals surface area (Å²) < 4.78 is 2.28. The van der Waals surface area contributed by atoms with E-state index in [0.29, 0.717) is 0 Å². The summed E-state index contributed by atoms with van der Waals surface area (Å²) in [5, 5.41) is 6.65. The first-order chi connectivity index (χ1) is 11.8. The summed E-state index contributed by atoms with van der Waals surface area (Å²) >= 11 is 0. The lowest BCUT2D eigenvalue weighted by Crippen LogP contribution is -2.37. The van der Waals surface area contributed by atoms with Crippen molar-refractivity contribution in [2.24, 2.45) is 4.99 Å². The molecule has 5 heteroatoms. The van der Waals surface area contributed by atoms with Crippen molar-refractivity contribution in [1.82, 2.24) is 20.2 Å². The molecule has 0 bridgehead atoms. The number of nitrogens with one attached hydrogen (secondary N) is 2. The van der Waals surface area contributed by atoms with Crippen molar-refractivity contribution >= 4 is 17.0 Å². The smallest absolute Gasteiger partial charge is 0.191 e. The van der Waals surface area contributed by atoms with Crippen LogP contribution >= 0.6 is 0 Å². The van der Waals surface area contributed by atoms with Crippen LogP contribution in [-0.2, 0) is 6.54 Å². The van der Waals surface area contributed by atoms with Gasteiger partial charge in [0.05, 0.1) is 11.0 Å². The van der Waals surface area contributed by atoms with E-state index in [4.69, 9.17) is 0 Å². The molecule has 1 heterocycles. The minimum Gasteiger partial charge on any atom is -0.357 e. The van der Waals surface area contributed by atoms with Crippen LogP contribution in [0.1, 0.15) is 32.5 Å². The third-order valence-electron chi connectivity index (χ3n) is 3.84. The van der Waals surface area contributed by atoms with Crippen molar-refractivity contribution in [3.8, 4) is 0 Å². The number of nitrogens with zero attached hydrogens (tertiary/aromatic N) is 3. The highest BCUT2D eigenvalue weighted by Gasteiger charge is 2.05. The molecule has 2 aromatic rings. The second kappa shape index (κ2) is 9.75. The van der Waals surface area contributed by atoms with Gasteiger partial charge in [0.15, 0.2) is 5.96 Å². The van der Waals surface area contributed by atoms with Crippen LogP contribution in [0.3, 0.4) is 0 Å².